The number of carbonyl (C=O) groups excluding carboxylic acids is 2. The minimum Gasteiger partial charge on any atom is -0.497 e. The van der Waals surface area contributed by atoms with E-state index in [1.807, 2.05) is 18.2 Å². The normalized spacial score (nSPS) is 16.0. The Morgan fingerprint density at radius 2 is 2.28 bits per heavy atom. The molecular formula is C17H16N4O4. The lowest BCUT2D eigenvalue weighted by Gasteiger charge is -2.05. The van der Waals surface area contributed by atoms with Gasteiger partial charge >= 0.3 is 0 Å². The molecule has 1 aliphatic heterocycles. The van der Waals surface area contributed by atoms with Crippen LogP contribution in [-0.2, 0) is 22.6 Å². The maximum absolute atomic E-state index is 12.0. The van der Waals surface area contributed by atoms with Crippen LogP contribution in [0.4, 0.5) is 0 Å². The molecule has 1 aromatic carbocycles. The summed E-state index contributed by atoms with van der Waals surface area (Å²) < 4.78 is 10.2. The molecule has 3 rings (SSSR count). The molecule has 0 fully saturated rings. The number of nitrogens with one attached hydrogen (secondary N) is 1. The maximum Gasteiger partial charge on any atom is 0.260 e. The van der Waals surface area contributed by atoms with Crippen molar-refractivity contribution in [1.82, 2.24) is 15.5 Å². The van der Waals surface area contributed by atoms with Crippen LogP contribution in [0.1, 0.15) is 23.2 Å². The van der Waals surface area contributed by atoms with Gasteiger partial charge in [-0.15, -0.1) is 0 Å². The smallest absolute Gasteiger partial charge is 0.260 e. The van der Waals surface area contributed by atoms with Crippen LogP contribution in [0.3, 0.4) is 0 Å². The monoisotopic (exact) mass is 340 g/mol. The van der Waals surface area contributed by atoms with Gasteiger partial charge in [-0.05, 0) is 23.8 Å². The van der Waals surface area contributed by atoms with Crippen LogP contribution in [0.5, 0.6) is 5.75 Å². The molecule has 0 spiro atoms. The molecule has 128 valence electrons. The number of benzene rings is 1. The van der Waals surface area contributed by atoms with Gasteiger partial charge in [-0.25, -0.2) is 4.99 Å². The third kappa shape index (κ3) is 4.17. The molecule has 25 heavy (non-hydrogen) atoms. The van der Waals surface area contributed by atoms with Crippen LogP contribution >= 0.6 is 0 Å². The minimum atomic E-state index is -0.644. The van der Waals surface area contributed by atoms with Gasteiger partial charge < -0.3 is 14.6 Å². The van der Waals surface area contributed by atoms with Gasteiger partial charge in [0.1, 0.15) is 11.7 Å². The molecule has 8 nitrogen and oxygen atoms in total. The third-order valence-electron chi connectivity index (χ3n) is 3.56. The van der Waals surface area contributed by atoms with Gasteiger partial charge in [0.15, 0.2) is 5.82 Å². The van der Waals surface area contributed by atoms with Crippen molar-refractivity contribution in [1.29, 1.82) is 0 Å². The summed E-state index contributed by atoms with van der Waals surface area (Å²) >= 11 is 0. The average molecular weight is 340 g/mol. The van der Waals surface area contributed by atoms with Crippen molar-refractivity contribution >= 4 is 18.0 Å². The van der Waals surface area contributed by atoms with E-state index in [1.54, 1.807) is 25.3 Å². The lowest BCUT2D eigenvalue weighted by molar-refractivity contribution is -0.121. The van der Waals surface area contributed by atoms with Gasteiger partial charge in [0.2, 0.25) is 11.8 Å². The average Bonchev–Trinajstić information content (AvgIpc) is 3.09. The van der Waals surface area contributed by atoms with Crippen LogP contribution in [0.2, 0.25) is 0 Å². The molecule has 2 amide bonds. The van der Waals surface area contributed by atoms with Crippen LogP contribution in [0.15, 0.2) is 45.9 Å². The SMILES string of the molecule is COc1cccc(CC(=O)NCc2nc(C3C=CC=NC3=O)no2)c1. The first kappa shape index (κ1) is 16.6. The first-order valence-corrected chi connectivity index (χ1v) is 7.62. The Hall–Kier alpha value is -3.29. The molecule has 0 radical (unpaired) electrons. The summed E-state index contributed by atoms with van der Waals surface area (Å²) in [6.07, 6.45) is 4.92. The van der Waals surface area contributed by atoms with E-state index in [0.29, 0.717) is 5.75 Å². The van der Waals surface area contributed by atoms with Crippen molar-refractivity contribution in [3.8, 4) is 5.75 Å². The van der Waals surface area contributed by atoms with Crippen molar-refractivity contribution in [2.24, 2.45) is 4.99 Å². The van der Waals surface area contributed by atoms with Gasteiger partial charge in [0.25, 0.3) is 5.91 Å². The van der Waals surface area contributed by atoms with Gasteiger partial charge in [-0.3, -0.25) is 9.59 Å². The van der Waals surface area contributed by atoms with Crippen LogP contribution in [-0.4, -0.2) is 35.3 Å². The number of hydrogen-bond acceptors (Lipinski definition) is 6. The lowest BCUT2D eigenvalue weighted by atomic mass is 10.1. The Balaban J connectivity index is 1.55. The summed E-state index contributed by atoms with van der Waals surface area (Å²) in [6, 6.07) is 7.27. The first-order chi connectivity index (χ1) is 12.2. The van der Waals surface area contributed by atoms with E-state index in [-0.39, 0.29) is 36.5 Å². The zero-order chi connectivity index (χ0) is 17.6. The van der Waals surface area contributed by atoms with Crippen LogP contribution in [0.25, 0.3) is 0 Å². The highest BCUT2D eigenvalue weighted by molar-refractivity contribution is 5.96. The molecule has 0 bridgehead atoms. The minimum absolute atomic E-state index is 0.0870. The van der Waals surface area contributed by atoms with E-state index in [1.165, 1.54) is 6.21 Å². The number of rotatable bonds is 6. The highest BCUT2D eigenvalue weighted by Crippen LogP contribution is 2.18. The fraction of sp³-hybridized carbons (Fsp3) is 0.235. The number of allylic oxidation sites excluding steroid dienone is 1. The van der Waals surface area contributed by atoms with Crippen molar-refractivity contribution in [2.75, 3.05) is 7.11 Å². The molecule has 1 aliphatic rings. The third-order valence-corrected chi connectivity index (χ3v) is 3.56. The molecule has 1 aromatic heterocycles. The fourth-order valence-electron chi connectivity index (χ4n) is 2.31. The molecule has 1 unspecified atom stereocenters. The van der Waals surface area contributed by atoms with Crippen LogP contribution < -0.4 is 10.1 Å². The van der Waals surface area contributed by atoms with Gasteiger partial charge in [0.05, 0.1) is 20.1 Å². The number of aliphatic imine (C=N–C) groups is 1. The molecule has 0 aliphatic carbocycles. The first-order valence-electron chi connectivity index (χ1n) is 7.62. The molecule has 0 saturated heterocycles. The van der Waals surface area contributed by atoms with Crippen molar-refractivity contribution in [2.45, 2.75) is 18.9 Å². The number of methoxy groups -OCH3 is 1. The van der Waals surface area contributed by atoms with E-state index in [0.717, 1.165) is 5.56 Å². The molecular weight excluding hydrogens is 324 g/mol. The van der Waals surface area contributed by atoms with E-state index in [4.69, 9.17) is 9.26 Å². The standard InChI is InChI=1S/C17H16N4O4/c1-24-12-5-2-4-11(8-12)9-14(22)19-10-15-20-16(21-25-15)13-6-3-7-18-17(13)23/h2-8,13H,9-10H2,1H3,(H,19,22). The van der Waals surface area contributed by atoms with E-state index in [2.05, 4.69) is 20.4 Å². The molecule has 8 heteroatoms. The largest absolute Gasteiger partial charge is 0.497 e. The quantitative estimate of drug-likeness (QED) is 0.846. The number of carbonyl (C=O) groups is 2. The summed E-state index contributed by atoms with van der Waals surface area (Å²) in [7, 11) is 1.57. The molecule has 0 saturated carbocycles. The zero-order valence-corrected chi connectivity index (χ0v) is 13.5. The Kier molecular flexibility index (Phi) is 4.98. The molecule has 1 atom stereocenters. The van der Waals surface area contributed by atoms with Gasteiger partial charge in [-0.2, -0.15) is 4.98 Å². The van der Waals surface area contributed by atoms with E-state index >= 15 is 0 Å². The summed E-state index contributed by atoms with van der Waals surface area (Å²) in [4.78, 5) is 31.5. The summed E-state index contributed by atoms with van der Waals surface area (Å²) in [5, 5.41) is 6.48. The molecule has 2 heterocycles. The van der Waals surface area contributed by atoms with Crippen LogP contribution in [0, 0.1) is 0 Å². The van der Waals surface area contributed by atoms with E-state index < -0.39 is 5.92 Å². The molecule has 1 N–H and O–H groups in total. The number of ether oxygens (including phenoxy) is 1. The van der Waals surface area contributed by atoms with Crippen molar-refractivity contribution < 1.29 is 18.8 Å². The summed E-state index contributed by atoms with van der Waals surface area (Å²) in [5.74, 6) is -0.0299. The highest BCUT2D eigenvalue weighted by atomic mass is 16.5. The number of amides is 2. The maximum atomic E-state index is 12.0. The second-order valence-corrected chi connectivity index (χ2v) is 5.33. The Morgan fingerprint density at radius 1 is 1.40 bits per heavy atom. The number of hydrogen-bond donors (Lipinski definition) is 1. The van der Waals surface area contributed by atoms with Gasteiger partial charge in [0, 0.05) is 6.21 Å². The van der Waals surface area contributed by atoms with Gasteiger partial charge in [-0.1, -0.05) is 23.4 Å². The number of nitrogens with zero attached hydrogens (tertiary/aromatic N) is 3. The van der Waals surface area contributed by atoms with Crippen molar-refractivity contribution in [3.63, 3.8) is 0 Å². The summed E-state index contributed by atoms with van der Waals surface area (Å²) in [5.41, 5.74) is 0.832. The van der Waals surface area contributed by atoms with E-state index in [9.17, 15) is 9.59 Å². The number of dihydropyridines is 1. The molecule has 2 aromatic rings. The lowest BCUT2D eigenvalue weighted by Crippen LogP contribution is -2.24. The second kappa shape index (κ2) is 7.52. The Bertz CT molecular complexity index is 841. The second-order valence-electron chi connectivity index (χ2n) is 5.33. The predicted octanol–water partition coefficient (Wildman–Crippen LogP) is 1.19. The highest BCUT2D eigenvalue weighted by Gasteiger charge is 2.24. The Morgan fingerprint density at radius 3 is 3.08 bits per heavy atom. The number of aromatic nitrogens is 2. The fourth-order valence-corrected chi connectivity index (χ4v) is 2.31. The topological polar surface area (TPSA) is 107 Å². The zero-order valence-electron chi connectivity index (χ0n) is 13.5. The predicted molar refractivity (Wildman–Crippen MR) is 88.2 cm³/mol. The summed E-state index contributed by atoms with van der Waals surface area (Å²) in [6.45, 7) is 0.0870. The Labute approximate surface area is 143 Å². The van der Waals surface area contributed by atoms with Crippen molar-refractivity contribution in [3.05, 3.63) is 53.7 Å².